The second-order valence-electron chi connectivity index (χ2n) is 9.34. The normalized spacial score (nSPS) is 10.8. The Balaban J connectivity index is 1.40. The smallest absolute Gasteiger partial charge is 0.336 e. The summed E-state index contributed by atoms with van der Waals surface area (Å²) in [6, 6.07) is 21.6. The number of ether oxygens (including phenoxy) is 2. The van der Waals surface area contributed by atoms with E-state index in [1.807, 2.05) is 0 Å². The minimum atomic E-state index is -0.676. The average Bonchev–Trinajstić information content (AvgIpc) is 3.53. The molecule has 2 aromatic heterocycles. The standard InChI is InChI=1S/C31H28N4O7/c1-40-26-14-11-21(17-27(26)41-2)33-29(37)19-34-25-8-4-3-7-24(25)30(38)35(31(34)39)22-12-9-20(10-13-22)16-28(36)32-18-23-6-5-15-42-23/h3-15,17H,16,18-19H2,1-2H3,(H,32,36)(H,33,37). The van der Waals surface area contributed by atoms with Gasteiger partial charge in [-0.3, -0.25) is 19.0 Å². The molecule has 42 heavy (non-hydrogen) atoms. The van der Waals surface area contributed by atoms with Crippen LogP contribution in [-0.4, -0.2) is 35.2 Å². The van der Waals surface area contributed by atoms with Crippen LogP contribution >= 0.6 is 0 Å². The fourth-order valence-corrected chi connectivity index (χ4v) is 4.57. The van der Waals surface area contributed by atoms with Crippen LogP contribution in [0.15, 0.2) is 99.1 Å². The maximum atomic E-state index is 13.7. The molecule has 0 fully saturated rings. The van der Waals surface area contributed by atoms with Crippen molar-refractivity contribution in [3.05, 3.63) is 117 Å². The molecule has 2 heterocycles. The Labute approximate surface area is 239 Å². The highest BCUT2D eigenvalue weighted by atomic mass is 16.5. The maximum absolute atomic E-state index is 13.7. The van der Waals surface area contributed by atoms with E-state index in [9.17, 15) is 19.2 Å². The third kappa shape index (κ3) is 5.94. The Morgan fingerprint density at radius 1 is 0.857 bits per heavy atom. The predicted octanol–water partition coefficient (Wildman–Crippen LogP) is 3.26. The van der Waals surface area contributed by atoms with E-state index in [-0.39, 0.29) is 30.8 Å². The molecule has 2 amide bonds. The van der Waals surface area contributed by atoms with Gasteiger partial charge < -0.3 is 24.5 Å². The lowest BCUT2D eigenvalue weighted by atomic mass is 10.1. The lowest BCUT2D eigenvalue weighted by molar-refractivity contribution is -0.120. The molecule has 3 aromatic carbocycles. The molecular weight excluding hydrogens is 540 g/mol. The van der Waals surface area contributed by atoms with Gasteiger partial charge in [-0.15, -0.1) is 0 Å². The summed E-state index contributed by atoms with van der Waals surface area (Å²) in [7, 11) is 3.00. The Kier molecular flexibility index (Phi) is 8.19. The molecule has 0 bridgehead atoms. The number of furan rings is 1. The molecule has 2 N–H and O–H groups in total. The van der Waals surface area contributed by atoms with Crippen LogP contribution in [0.4, 0.5) is 5.69 Å². The fraction of sp³-hybridized carbons (Fsp3) is 0.161. The van der Waals surface area contributed by atoms with Crippen molar-refractivity contribution in [3.8, 4) is 17.2 Å². The van der Waals surface area contributed by atoms with E-state index in [2.05, 4.69) is 10.6 Å². The summed E-state index contributed by atoms with van der Waals surface area (Å²) in [6.45, 7) is -0.0720. The van der Waals surface area contributed by atoms with Crippen molar-refractivity contribution >= 4 is 28.4 Å². The number of aromatic nitrogens is 2. The van der Waals surface area contributed by atoms with Crippen molar-refractivity contribution < 1.29 is 23.5 Å². The molecule has 214 valence electrons. The molecule has 0 spiro atoms. The molecule has 0 aliphatic heterocycles. The molecule has 5 aromatic rings. The van der Waals surface area contributed by atoms with E-state index in [4.69, 9.17) is 13.9 Å². The number of fused-ring (bicyclic) bond motifs is 1. The predicted molar refractivity (Wildman–Crippen MR) is 156 cm³/mol. The Hall–Kier alpha value is -5.58. The summed E-state index contributed by atoms with van der Waals surface area (Å²) >= 11 is 0. The molecule has 0 unspecified atom stereocenters. The van der Waals surface area contributed by atoms with Gasteiger partial charge in [-0.1, -0.05) is 24.3 Å². The van der Waals surface area contributed by atoms with Crippen molar-refractivity contribution in [2.75, 3.05) is 19.5 Å². The van der Waals surface area contributed by atoms with Crippen LogP contribution < -0.4 is 31.4 Å². The van der Waals surface area contributed by atoms with Gasteiger partial charge in [-0.25, -0.2) is 9.36 Å². The Morgan fingerprint density at radius 2 is 1.62 bits per heavy atom. The third-order valence-corrected chi connectivity index (χ3v) is 6.62. The lowest BCUT2D eigenvalue weighted by Gasteiger charge is -2.15. The summed E-state index contributed by atoms with van der Waals surface area (Å²) in [5.74, 6) is 0.902. The SMILES string of the molecule is COc1ccc(NC(=O)Cn2c(=O)n(-c3ccc(CC(=O)NCc4ccco4)cc3)c(=O)c3ccccc32)cc1OC. The topological polar surface area (TPSA) is 134 Å². The first-order chi connectivity index (χ1) is 20.4. The summed E-state index contributed by atoms with van der Waals surface area (Å²) < 4.78 is 18.0. The molecule has 0 radical (unpaired) electrons. The summed E-state index contributed by atoms with van der Waals surface area (Å²) in [4.78, 5) is 52.5. The lowest BCUT2D eigenvalue weighted by Crippen LogP contribution is -2.40. The van der Waals surface area contributed by atoms with Crippen molar-refractivity contribution in [1.82, 2.24) is 14.5 Å². The van der Waals surface area contributed by atoms with E-state index in [0.717, 1.165) is 4.57 Å². The monoisotopic (exact) mass is 568 g/mol. The first-order valence-electron chi connectivity index (χ1n) is 13.0. The largest absolute Gasteiger partial charge is 0.493 e. The number of para-hydroxylation sites is 1. The van der Waals surface area contributed by atoms with E-state index < -0.39 is 17.2 Å². The van der Waals surface area contributed by atoms with Crippen LogP contribution in [0.5, 0.6) is 11.5 Å². The zero-order chi connectivity index (χ0) is 29.6. The van der Waals surface area contributed by atoms with Crippen molar-refractivity contribution in [2.24, 2.45) is 0 Å². The molecule has 0 aliphatic rings. The Morgan fingerprint density at radius 3 is 2.33 bits per heavy atom. The van der Waals surface area contributed by atoms with Gasteiger partial charge in [0.05, 0.1) is 50.0 Å². The number of anilines is 1. The van der Waals surface area contributed by atoms with E-state index >= 15 is 0 Å². The van der Waals surface area contributed by atoms with Gasteiger partial charge in [0.25, 0.3) is 5.56 Å². The van der Waals surface area contributed by atoms with Crippen LogP contribution in [-0.2, 0) is 29.1 Å². The van der Waals surface area contributed by atoms with Crippen LogP contribution in [0.1, 0.15) is 11.3 Å². The quantitative estimate of drug-likeness (QED) is 0.264. The Bertz CT molecular complexity index is 1860. The minimum absolute atomic E-state index is 0.105. The van der Waals surface area contributed by atoms with Gasteiger partial charge >= 0.3 is 5.69 Å². The number of nitrogens with zero attached hydrogens (tertiary/aromatic N) is 2. The van der Waals surface area contributed by atoms with E-state index in [1.165, 1.54) is 25.0 Å². The van der Waals surface area contributed by atoms with Gasteiger partial charge in [-0.2, -0.15) is 0 Å². The number of hydrogen-bond donors (Lipinski definition) is 2. The number of benzene rings is 3. The van der Waals surface area contributed by atoms with Gasteiger partial charge in [0.15, 0.2) is 11.5 Å². The highest BCUT2D eigenvalue weighted by Gasteiger charge is 2.17. The highest BCUT2D eigenvalue weighted by Crippen LogP contribution is 2.29. The van der Waals surface area contributed by atoms with E-state index in [1.54, 1.807) is 78.9 Å². The van der Waals surface area contributed by atoms with Gasteiger partial charge in [0.1, 0.15) is 12.3 Å². The van der Waals surface area contributed by atoms with Gasteiger partial charge in [0.2, 0.25) is 11.8 Å². The first-order valence-corrected chi connectivity index (χ1v) is 13.0. The number of amides is 2. The van der Waals surface area contributed by atoms with Crippen LogP contribution in [0.25, 0.3) is 16.6 Å². The van der Waals surface area contributed by atoms with Crippen molar-refractivity contribution in [3.63, 3.8) is 0 Å². The second kappa shape index (κ2) is 12.3. The molecule has 0 saturated heterocycles. The first kappa shape index (κ1) is 28.0. The number of hydrogen-bond acceptors (Lipinski definition) is 7. The maximum Gasteiger partial charge on any atom is 0.336 e. The fourth-order valence-electron chi connectivity index (χ4n) is 4.57. The van der Waals surface area contributed by atoms with E-state index in [0.29, 0.717) is 39.7 Å². The molecular formula is C31H28N4O7. The zero-order valence-corrected chi connectivity index (χ0v) is 23.0. The summed E-state index contributed by atoms with van der Waals surface area (Å²) in [5, 5.41) is 5.82. The van der Waals surface area contributed by atoms with Crippen LogP contribution in [0.2, 0.25) is 0 Å². The van der Waals surface area contributed by atoms with Crippen LogP contribution in [0, 0.1) is 0 Å². The summed E-state index contributed by atoms with van der Waals surface area (Å²) in [6.07, 6.45) is 1.64. The second-order valence-corrected chi connectivity index (χ2v) is 9.34. The minimum Gasteiger partial charge on any atom is -0.493 e. The van der Waals surface area contributed by atoms with Crippen molar-refractivity contribution in [2.45, 2.75) is 19.5 Å². The molecule has 11 nitrogen and oxygen atoms in total. The number of methoxy groups -OCH3 is 2. The summed E-state index contributed by atoms with van der Waals surface area (Å²) in [5.41, 5.74) is 0.591. The number of rotatable bonds is 10. The molecule has 0 saturated carbocycles. The van der Waals surface area contributed by atoms with Crippen molar-refractivity contribution in [1.29, 1.82) is 0 Å². The molecule has 0 aliphatic carbocycles. The highest BCUT2D eigenvalue weighted by molar-refractivity contribution is 5.92. The zero-order valence-electron chi connectivity index (χ0n) is 23.0. The molecule has 0 atom stereocenters. The average molecular weight is 569 g/mol. The van der Waals surface area contributed by atoms with Crippen LogP contribution in [0.3, 0.4) is 0 Å². The number of carbonyl (C=O) groups is 2. The number of nitrogens with one attached hydrogen (secondary N) is 2. The van der Waals surface area contributed by atoms with Gasteiger partial charge in [-0.05, 0) is 54.1 Å². The van der Waals surface area contributed by atoms with Gasteiger partial charge in [0, 0.05) is 11.8 Å². The molecule has 11 heteroatoms. The number of carbonyl (C=O) groups excluding carboxylic acids is 2. The third-order valence-electron chi connectivity index (χ3n) is 6.62. The molecule has 5 rings (SSSR count).